The van der Waals surface area contributed by atoms with Crippen LogP contribution in [-0.4, -0.2) is 36.1 Å². The average molecular weight is 462 g/mol. The Balaban J connectivity index is 1.48. The van der Waals surface area contributed by atoms with Crippen molar-refractivity contribution in [2.24, 2.45) is 0 Å². The molecule has 0 bridgehead atoms. The molecule has 146 valence electrons. The van der Waals surface area contributed by atoms with Gasteiger partial charge in [0.1, 0.15) is 11.6 Å². The molecule has 2 heterocycles. The van der Waals surface area contributed by atoms with Crippen molar-refractivity contribution in [3.63, 3.8) is 0 Å². The van der Waals surface area contributed by atoms with Gasteiger partial charge in [-0.3, -0.25) is 4.79 Å². The van der Waals surface area contributed by atoms with Gasteiger partial charge in [0.25, 0.3) is 5.91 Å². The minimum absolute atomic E-state index is 0.0378. The van der Waals surface area contributed by atoms with E-state index in [9.17, 15) is 4.79 Å². The van der Waals surface area contributed by atoms with Crippen molar-refractivity contribution in [2.75, 3.05) is 30.8 Å². The molecule has 0 fully saturated rings. The van der Waals surface area contributed by atoms with E-state index in [0.717, 1.165) is 27.2 Å². The normalized spacial score (nSPS) is 10.4. The maximum absolute atomic E-state index is 11.9. The highest BCUT2D eigenvalue weighted by Crippen LogP contribution is 2.23. The second kappa shape index (κ2) is 10.0. The molecule has 1 amide bonds. The number of halogens is 1. The Labute approximate surface area is 175 Å². The average Bonchev–Trinajstić information content (AvgIpc) is 3.25. The third-order valence-electron chi connectivity index (χ3n) is 3.77. The molecule has 9 heteroatoms. The summed E-state index contributed by atoms with van der Waals surface area (Å²) >= 11 is 4.89. The van der Waals surface area contributed by atoms with Gasteiger partial charge < -0.3 is 20.7 Å². The summed E-state index contributed by atoms with van der Waals surface area (Å²) in [4.78, 5) is 21.4. The fourth-order valence-electron chi connectivity index (χ4n) is 2.35. The molecular weight excluding hydrogens is 442 g/mol. The van der Waals surface area contributed by atoms with Gasteiger partial charge in [0.05, 0.1) is 16.5 Å². The summed E-state index contributed by atoms with van der Waals surface area (Å²) in [5.74, 6) is 1.93. The molecule has 3 aromatic rings. The van der Waals surface area contributed by atoms with Crippen molar-refractivity contribution in [3.8, 4) is 5.75 Å². The SMILES string of the molecule is COc1ccc(Nc2ncc(Br)c(NCCCNC(=O)c3cccs3)n2)cc1. The number of rotatable bonds is 9. The van der Waals surface area contributed by atoms with Crippen LogP contribution in [0.15, 0.2) is 52.4 Å². The predicted molar refractivity (Wildman–Crippen MR) is 116 cm³/mol. The van der Waals surface area contributed by atoms with Gasteiger partial charge in [-0.25, -0.2) is 4.98 Å². The largest absolute Gasteiger partial charge is 0.497 e. The molecule has 3 rings (SSSR count). The number of amides is 1. The summed E-state index contributed by atoms with van der Waals surface area (Å²) in [5, 5.41) is 11.2. The molecule has 28 heavy (non-hydrogen) atoms. The van der Waals surface area contributed by atoms with E-state index in [1.807, 2.05) is 41.8 Å². The van der Waals surface area contributed by atoms with Gasteiger partial charge in [-0.15, -0.1) is 11.3 Å². The maximum Gasteiger partial charge on any atom is 0.261 e. The summed E-state index contributed by atoms with van der Waals surface area (Å²) < 4.78 is 5.93. The maximum atomic E-state index is 11.9. The molecule has 0 aliphatic heterocycles. The van der Waals surface area contributed by atoms with Crippen molar-refractivity contribution >= 4 is 50.6 Å². The van der Waals surface area contributed by atoms with Gasteiger partial charge in [0, 0.05) is 25.0 Å². The molecule has 0 atom stereocenters. The van der Waals surface area contributed by atoms with Crippen LogP contribution in [0.3, 0.4) is 0 Å². The Morgan fingerprint density at radius 1 is 1.21 bits per heavy atom. The Kier molecular flexibility index (Phi) is 7.21. The molecular formula is C19H20BrN5O2S. The number of benzene rings is 1. The zero-order valence-electron chi connectivity index (χ0n) is 15.2. The first kappa shape index (κ1) is 20.1. The predicted octanol–water partition coefficient (Wildman–Crippen LogP) is 4.28. The minimum Gasteiger partial charge on any atom is -0.497 e. The zero-order valence-corrected chi connectivity index (χ0v) is 17.6. The number of methoxy groups -OCH3 is 1. The highest BCUT2D eigenvalue weighted by molar-refractivity contribution is 9.10. The van der Waals surface area contributed by atoms with E-state index in [4.69, 9.17) is 4.74 Å². The summed E-state index contributed by atoms with van der Waals surface area (Å²) in [6, 6.07) is 11.2. The van der Waals surface area contributed by atoms with Crippen LogP contribution in [-0.2, 0) is 0 Å². The van der Waals surface area contributed by atoms with Crippen LogP contribution in [0.4, 0.5) is 17.5 Å². The number of nitrogens with zero attached hydrogens (tertiary/aromatic N) is 2. The van der Waals surface area contributed by atoms with E-state index in [0.29, 0.717) is 24.9 Å². The lowest BCUT2D eigenvalue weighted by atomic mass is 10.3. The summed E-state index contributed by atoms with van der Waals surface area (Å²) in [6.45, 7) is 1.26. The Bertz CT molecular complexity index is 903. The van der Waals surface area contributed by atoms with Gasteiger partial charge in [-0.1, -0.05) is 6.07 Å². The molecule has 1 aromatic carbocycles. The molecule has 2 aromatic heterocycles. The van der Waals surface area contributed by atoms with E-state index in [1.54, 1.807) is 13.3 Å². The van der Waals surface area contributed by atoms with Crippen LogP contribution in [0.1, 0.15) is 16.1 Å². The molecule has 0 saturated carbocycles. The standard InChI is InChI=1S/C19H20BrN5O2S/c1-27-14-7-5-13(6-8-14)24-19-23-12-15(20)17(25-19)21-9-3-10-22-18(26)16-4-2-11-28-16/h2,4-8,11-12H,3,9-10H2,1H3,(H,22,26)(H2,21,23,24,25). The number of thiophene rings is 1. The monoisotopic (exact) mass is 461 g/mol. The van der Waals surface area contributed by atoms with Crippen LogP contribution in [0.5, 0.6) is 5.75 Å². The molecule has 0 aliphatic carbocycles. The van der Waals surface area contributed by atoms with Crippen molar-refractivity contribution in [3.05, 3.63) is 57.3 Å². The van der Waals surface area contributed by atoms with Crippen LogP contribution >= 0.6 is 27.3 Å². The van der Waals surface area contributed by atoms with Gasteiger partial charge in [-0.2, -0.15) is 4.98 Å². The number of anilines is 3. The highest BCUT2D eigenvalue weighted by atomic mass is 79.9. The number of aromatic nitrogens is 2. The number of nitrogens with one attached hydrogen (secondary N) is 3. The second-order valence-corrected chi connectivity index (χ2v) is 7.56. The van der Waals surface area contributed by atoms with E-state index in [1.165, 1.54) is 11.3 Å². The lowest BCUT2D eigenvalue weighted by Gasteiger charge is -2.11. The van der Waals surface area contributed by atoms with Gasteiger partial charge in [0.2, 0.25) is 5.95 Å². The molecule has 0 unspecified atom stereocenters. The van der Waals surface area contributed by atoms with Gasteiger partial charge >= 0.3 is 0 Å². The quantitative estimate of drug-likeness (QED) is 0.412. The fourth-order valence-corrected chi connectivity index (χ4v) is 3.32. The molecule has 0 radical (unpaired) electrons. The molecule has 0 spiro atoms. The van der Waals surface area contributed by atoms with Crippen molar-refractivity contribution in [2.45, 2.75) is 6.42 Å². The lowest BCUT2D eigenvalue weighted by Crippen LogP contribution is -2.25. The topological polar surface area (TPSA) is 88.2 Å². The fraction of sp³-hybridized carbons (Fsp3) is 0.211. The Hall–Kier alpha value is -2.65. The smallest absolute Gasteiger partial charge is 0.261 e. The van der Waals surface area contributed by atoms with Gasteiger partial charge in [0.15, 0.2) is 0 Å². The lowest BCUT2D eigenvalue weighted by molar-refractivity contribution is 0.0957. The molecule has 0 saturated heterocycles. The minimum atomic E-state index is -0.0378. The van der Waals surface area contributed by atoms with Crippen LogP contribution in [0.2, 0.25) is 0 Å². The van der Waals surface area contributed by atoms with Crippen LogP contribution in [0, 0.1) is 0 Å². The second-order valence-electron chi connectivity index (χ2n) is 5.76. The number of hydrogen-bond acceptors (Lipinski definition) is 7. The van der Waals surface area contributed by atoms with E-state index in [-0.39, 0.29) is 5.91 Å². The van der Waals surface area contributed by atoms with Gasteiger partial charge in [-0.05, 0) is 58.1 Å². The van der Waals surface area contributed by atoms with Crippen molar-refractivity contribution in [1.82, 2.24) is 15.3 Å². The Morgan fingerprint density at radius 3 is 2.75 bits per heavy atom. The zero-order chi connectivity index (χ0) is 19.8. The molecule has 0 aliphatic rings. The highest BCUT2D eigenvalue weighted by Gasteiger charge is 2.07. The van der Waals surface area contributed by atoms with Crippen molar-refractivity contribution in [1.29, 1.82) is 0 Å². The summed E-state index contributed by atoms with van der Waals surface area (Å²) in [5.41, 5.74) is 0.866. The van der Waals surface area contributed by atoms with E-state index >= 15 is 0 Å². The third-order valence-corrected chi connectivity index (χ3v) is 5.22. The van der Waals surface area contributed by atoms with E-state index in [2.05, 4.69) is 41.8 Å². The van der Waals surface area contributed by atoms with E-state index < -0.39 is 0 Å². The first-order valence-corrected chi connectivity index (χ1v) is 10.3. The number of carbonyl (C=O) groups excluding carboxylic acids is 1. The molecule has 3 N–H and O–H groups in total. The number of carbonyl (C=O) groups is 1. The first-order chi connectivity index (χ1) is 13.7. The number of ether oxygens (including phenoxy) is 1. The summed E-state index contributed by atoms with van der Waals surface area (Å²) in [6.07, 6.45) is 2.47. The van der Waals surface area contributed by atoms with Crippen LogP contribution in [0.25, 0.3) is 0 Å². The number of hydrogen-bond donors (Lipinski definition) is 3. The molecule has 7 nitrogen and oxygen atoms in total. The first-order valence-electron chi connectivity index (χ1n) is 8.65. The third kappa shape index (κ3) is 5.67. The summed E-state index contributed by atoms with van der Waals surface area (Å²) in [7, 11) is 1.63. The Morgan fingerprint density at radius 2 is 2.04 bits per heavy atom. The van der Waals surface area contributed by atoms with Crippen molar-refractivity contribution < 1.29 is 9.53 Å². The van der Waals surface area contributed by atoms with Crippen LogP contribution < -0.4 is 20.7 Å².